The molecule has 0 saturated heterocycles. The highest BCUT2D eigenvalue weighted by molar-refractivity contribution is 6.25. The third-order valence-corrected chi connectivity index (χ3v) is 9.18. The molecule has 0 radical (unpaired) electrons. The molecule has 0 aromatic heterocycles. The predicted octanol–water partition coefficient (Wildman–Crippen LogP) is 12.4. The maximum Gasteiger partial charge on any atom is -0.00206 e. The largest absolute Gasteiger partial charge is 0.0616 e. The lowest BCUT2D eigenvalue weighted by molar-refractivity contribution is 1.57. The normalized spacial score (nSPS) is 11.6. The summed E-state index contributed by atoms with van der Waals surface area (Å²) < 4.78 is 0. The average molecular weight is 557 g/mol. The molecule has 0 nitrogen and oxygen atoms in total. The number of fused-ring (bicyclic) bond motifs is 1. The van der Waals surface area contributed by atoms with Crippen LogP contribution >= 0.6 is 0 Å². The molecule has 0 saturated carbocycles. The van der Waals surface area contributed by atoms with Crippen molar-refractivity contribution < 1.29 is 0 Å². The van der Waals surface area contributed by atoms with Crippen LogP contribution in [0.25, 0.3) is 87.6 Å². The van der Waals surface area contributed by atoms with E-state index in [4.69, 9.17) is 0 Å². The van der Waals surface area contributed by atoms with Gasteiger partial charge >= 0.3 is 0 Å². The number of rotatable bonds is 4. The van der Waals surface area contributed by atoms with Crippen LogP contribution in [0, 0.1) is 0 Å². The van der Waals surface area contributed by atoms with E-state index >= 15 is 0 Å². The summed E-state index contributed by atoms with van der Waals surface area (Å²) >= 11 is 0. The molecule has 0 N–H and O–H groups in total. The number of benzene rings is 9. The number of hydrogen-bond donors (Lipinski definition) is 0. The molecular formula is C44H28. The van der Waals surface area contributed by atoms with Crippen LogP contribution in [0.15, 0.2) is 170 Å². The third-order valence-electron chi connectivity index (χ3n) is 9.18. The summed E-state index contributed by atoms with van der Waals surface area (Å²) in [5, 5.41) is 10.5. The molecule has 9 aromatic rings. The highest BCUT2D eigenvalue weighted by Gasteiger charge is 2.13. The molecule has 0 atom stereocenters. The molecule has 0 heteroatoms. The Labute approximate surface area is 256 Å². The quantitative estimate of drug-likeness (QED) is 0.189. The molecule has 0 aliphatic heterocycles. The van der Waals surface area contributed by atoms with Gasteiger partial charge in [-0.15, -0.1) is 0 Å². The maximum absolute atomic E-state index is 2.34. The Balaban J connectivity index is 1.11. The minimum Gasteiger partial charge on any atom is -0.0616 e. The molecule has 9 rings (SSSR count). The Morgan fingerprint density at radius 1 is 0.227 bits per heavy atom. The molecule has 9 aromatic carbocycles. The first kappa shape index (κ1) is 24.8. The van der Waals surface area contributed by atoms with Crippen LogP contribution in [-0.4, -0.2) is 0 Å². The summed E-state index contributed by atoms with van der Waals surface area (Å²) in [5.41, 5.74) is 9.87. The van der Waals surface area contributed by atoms with E-state index in [0.29, 0.717) is 0 Å². The van der Waals surface area contributed by atoms with E-state index in [9.17, 15) is 0 Å². The van der Waals surface area contributed by atoms with Crippen LogP contribution in [0.4, 0.5) is 0 Å². The highest BCUT2D eigenvalue weighted by Crippen LogP contribution is 2.40. The van der Waals surface area contributed by atoms with E-state index in [2.05, 4.69) is 170 Å². The lowest BCUT2D eigenvalue weighted by atomic mass is 9.89. The van der Waals surface area contributed by atoms with Crippen LogP contribution in [0.1, 0.15) is 0 Å². The van der Waals surface area contributed by atoms with Gasteiger partial charge in [-0.2, -0.15) is 0 Å². The molecule has 0 unspecified atom stereocenters. The van der Waals surface area contributed by atoms with Crippen molar-refractivity contribution in [2.24, 2.45) is 0 Å². The molecule has 0 spiro atoms. The van der Waals surface area contributed by atoms with Crippen molar-refractivity contribution in [1.29, 1.82) is 0 Å². The van der Waals surface area contributed by atoms with Gasteiger partial charge in [0.05, 0.1) is 0 Å². The Bertz CT molecular complexity index is 2480. The minimum absolute atomic E-state index is 1.22. The second-order valence-electron chi connectivity index (χ2n) is 11.8. The molecule has 0 aliphatic rings. The van der Waals surface area contributed by atoms with E-state index in [-0.39, 0.29) is 0 Å². The van der Waals surface area contributed by atoms with E-state index < -0.39 is 0 Å². The molecule has 204 valence electrons. The van der Waals surface area contributed by atoms with Crippen molar-refractivity contribution in [2.45, 2.75) is 0 Å². The van der Waals surface area contributed by atoms with Gasteiger partial charge < -0.3 is 0 Å². The molecule has 0 amide bonds. The van der Waals surface area contributed by atoms with Crippen LogP contribution in [0.3, 0.4) is 0 Å². The second kappa shape index (κ2) is 9.93. The minimum atomic E-state index is 1.22. The summed E-state index contributed by atoms with van der Waals surface area (Å²) in [6.45, 7) is 0. The van der Waals surface area contributed by atoms with Gasteiger partial charge in [0, 0.05) is 0 Å². The van der Waals surface area contributed by atoms with Crippen molar-refractivity contribution in [3.63, 3.8) is 0 Å². The van der Waals surface area contributed by atoms with E-state index in [1.54, 1.807) is 0 Å². The first-order valence-electron chi connectivity index (χ1n) is 15.3. The molecule has 0 aliphatic carbocycles. The van der Waals surface area contributed by atoms with Crippen LogP contribution in [0.5, 0.6) is 0 Å². The van der Waals surface area contributed by atoms with Crippen molar-refractivity contribution in [1.82, 2.24) is 0 Å². The molecular weight excluding hydrogens is 528 g/mol. The Morgan fingerprint density at radius 3 is 1.32 bits per heavy atom. The van der Waals surface area contributed by atoms with E-state index in [1.165, 1.54) is 87.6 Å². The smallest absolute Gasteiger partial charge is 0.00206 e. The van der Waals surface area contributed by atoms with Gasteiger partial charge in [0.15, 0.2) is 0 Å². The first-order chi connectivity index (χ1) is 21.8. The summed E-state index contributed by atoms with van der Waals surface area (Å²) in [6.07, 6.45) is 0. The molecule has 0 fully saturated rings. The summed E-state index contributed by atoms with van der Waals surface area (Å²) in [6, 6.07) is 62.3. The van der Waals surface area contributed by atoms with Crippen molar-refractivity contribution in [2.75, 3.05) is 0 Å². The van der Waals surface area contributed by atoms with Gasteiger partial charge in [-0.05, 0) is 112 Å². The highest BCUT2D eigenvalue weighted by atomic mass is 14.2. The zero-order valence-corrected chi connectivity index (χ0v) is 24.2. The average Bonchev–Trinajstić information content (AvgIpc) is 3.10. The fourth-order valence-corrected chi connectivity index (χ4v) is 6.98. The van der Waals surface area contributed by atoms with Crippen LogP contribution in [0.2, 0.25) is 0 Å². The van der Waals surface area contributed by atoms with Crippen LogP contribution < -0.4 is 0 Å². The first-order valence-corrected chi connectivity index (χ1v) is 15.3. The summed E-state index contributed by atoms with van der Waals surface area (Å²) in [7, 11) is 0. The standard InChI is InChI=1S/C44H28/c1-2-8-33-25-39(20-17-29(33)7-1)37-14-5-12-35(27-37)34-11-4-13-36(26-34)38-15-6-16-40(28-38)41-23-21-32-19-18-30-9-3-10-31-22-24-42(41)44(32)43(30)31/h1-28H. The Morgan fingerprint density at radius 2 is 0.659 bits per heavy atom. The van der Waals surface area contributed by atoms with Gasteiger partial charge in [-0.1, -0.05) is 146 Å². The van der Waals surface area contributed by atoms with Crippen molar-refractivity contribution in [3.05, 3.63) is 170 Å². The fourth-order valence-electron chi connectivity index (χ4n) is 6.98. The zero-order chi connectivity index (χ0) is 29.0. The van der Waals surface area contributed by atoms with Gasteiger partial charge in [0.2, 0.25) is 0 Å². The fraction of sp³-hybridized carbons (Fsp3) is 0. The molecule has 0 bridgehead atoms. The summed E-state index contributed by atoms with van der Waals surface area (Å²) in [4.78, 5) is 0. The van der Waals surface area contributed by atoms with Crippen LogP contribution in [-0.2, 0) is 0 Å². The number of hydrogen-bond acceptors (Lipinski definition) is 0. The van der Waals surface area contributed by atoms with Crippen molar-refractivity contribution >= 4 is 43.1 Å². The summed E-state index contributed by atoms with van der Waals surface area (Å²) in [5.74, 6) is 0. The van der Waals surface area contributed by atoms with Gasteiger partial charge in [0.1, 0.15) is 0 Å². The third kappa shape index (κ3) is 4.07. The Kier molecular flexibility index (Phi) is 5.61. The molecule has 44 heavy (non-hydrogen) atoms. The lowest BCUT2D eigenvalue weighted by Gasteiger charge is -2.15. The lowest BCUT2D eigenvalue weighted by Crippen LogP contribution is -1.88. The van der Waals surface area contributed by atoms with Gasteiger partial charge in [0.25, 0.3) is 0 Å². The van der Waals surface area contributed by atoms with Crippen molar-refractivity contribution in [3.8, 4) is 44.5 Å². The van der Waals surface area contributed by atoms with Gasteiger partial charge in [-0.3, -0.25) is 0 Å². The Hall–Kier alpha value is -5.72. The maximum atomic E-state index is 2.34. The van der Waals surface area contributed by atoms with E-state index in [0.717, 1.165) is 0 Å². The SMILES string of the molecule is c1cc(-c2cccc(-c3ccc4ccccc4c3)c2)cc(-c2cccc(-c3ccc4ccc5cccc6ccc3c4c56)c2)c1. The monoisotopic (exact) mass is 556 g/mol. The zero-order valence-electron chi connectivity index (χ0n) is 24.2. The second-order valence-corrected chi connectivity index (χ2v) is 11.8. The predicted molar refractivity (Wildman–Crippen MR) is 189 cm³/mol. The topological polar surface area (TPSA) is 0 Å². The molecule has 0 heterocycles. The van der Waals surface area contributed by atoms with Gasteiger partial charge in [-0.25, -0.2) is 0 Å². The van der Waals surface area contributed by atoms with E-state index in [1.807, 2.05) is 0 Å².